The van der Waals surface area contributed by atoms with Crippen LogP contribution in [-0.2, 0) is 331 Å². The topological polar surface area (TPSA) is 70.0 Å². The summed E-state index contributed by atoms with van der Waals surface area (Å²) >= 11 is 0. The van der Waals surface area contributed by atoms with Crippen molar-refractivity contribution in [2.24, 2.45) is 0 Å². The predicted octanol–water partition coefficient (Wildman–Crippen LogP) is -0.345. The Morgan fingerprint density at radius 3 is 0.364 bits per heavy atom. The van der Waals surface area contributed by atoms with Gasteiger partial charge in [0, 0.05) is 340 Å². The minimum absolute atomic E-state index is 0. The largest absolute Gasteiger partial charge is 1.00 e. The first-order valence-electron chi connectivity index (χ1n) is 0. The van der Waals surface area contributed by atoms with Crippen LogP contribution in [0, 0.1) is 0 Å². The Labute approximate surface area is 660 Å². The van der Waals surface area contributed by atoms with Crippen LogP contribution in [0.15, 0.2) is 0 Å². The van der Waals surface area contributed by atoms with Crippen molar-refractivity contribution >= 4 is 208 Å². The van der Waals surface area contributed by atoms with E-state index in [4.69, 9.17) is 0 Å². The van der Waals surface area contributed by atoms with Gasteiger partial charge >= 0.3 is 103 Å². The minimum Gasteiger partial charge on any atom is -1.00 e. The molecule has 0 saturated heterocycles. The van der Waals surface area contributed by atoms with E-state index in [-0.39, 0.29) is 681 Å². The Bertz CT molecular complexity index is 118. The van der Waals surface area contributed by atoms with Gasteiger partial charge in [-0.3, -0.25) is 0 Å². The molecular weight excluding hydrogens is 1730 g/mol. The number of hydrogen-bond donors (Lipinski definition) is 2. The fourth-order valence-corrected chi connectivity index (χ4v) is 0. The van der Waals surface area contributed by atoms with E-state index in [9.17, 15) is 0 Å². The molecule has 0 heterocycles. The number of rotatable bonds is 0. The number of halogens is 2. The van der Waals surface area contributed by atoms with Crippen LogP contribution in [0.1, 0.15) is 26.3 Å². The van der Waals surface area contributed by atoms with E-state index >= 15 is 0 Å². The smallest absolute Gasteiger partial charge is 1.00 e. The first-order chi connectivity index (χ1) is 0. The minimum atomic E-state index is 0. The molecule has 0 fully saturated rings. The molecule has 31 heteroatoms. The zero-order valence-electron chi connectivity index (χ0n) is 21.0. The molecule has 11 radical (unpaired) electrons. The second kappa shape index (κ2) is 321. The van der Waals surface area contributed by atoms with Gasteiger partial charge in [-0.1, -0.05) is 14.9 Å². The van der Waals surface area contributed by atoms with Crippen LogP contribution in [-0.4, -0.2) is 0 Å². The predicted molar refractivity (Wildman–Crippen MR) is 220 cm³/mol. The van der Waals surface area contributed by atoms with Crippen LogP contribution >= 0.6 is 208 Å². The van der Waals surface area contributed by atoms with Crippen LogP contribution in [0.3, 0.4) is 0 Å². The van der Waals surface area contributed by atoms with Crippen molar-refractivity contribution in [3.63, 3.8) is 0 Å². The Hall–Kier alpha value is 21.3. The summed E-state index contributed by atoms with van der Waals surface area (Å²) in [6.45, 7) is 0. The molecule has 0 aliphatic heterocycles. The summed E-state index contributed by atoms with van der Waals surface area (Å²) in [5.41, 5.74) is 0. The van der Waals surface area contributed by atoms with Gasteiger partial charge in [0.25, 0.3) is 0 Å². The third-order valence-corrected chi connectivity index (χ3v) is 0. The van der Waals surface area contributed by atoms with Gasteiger partial charge in [-0.15, -0.1) is 48.0 Å². The van der Waals surface area contributed by atoms with Gasteiger partial charge < -0.3 is 15.2 Å². The molecule has 213 valence electrons. The molecule has 33 heavy (non-hydrogen) atoms. The Morgan fingerprint density at radius 2 is 0.364 bits per heavy atom. The van der Waals surface area contributed by atoms with Crippen molar-refractivity contribution in [1.29, 1.82) is 0 Å². The maximum atomic E-state index is 0. The van der Waals surface area contributed by atoms with Crippen LogP contribution in [0.5, 0.6) is 0 Å². The zero-order valence-corrected chi connectivity index (χ0v) is 75.5. The zero-order chi connectivity index (χ0) is 0. The third kappa shape index (κ3) is 309. The summed E-state index contributed by atoms with van der Waals surface area (Å²) in [4.78, 5) is 0. The molecule has 0 aromatic carbocycles. The average molecular weight is 1800 g/mol. The van der Waals surface area contributed by atoms with E-state index in [1.165, 1.54) is 0 Å². The molecule has 0 aromatic rings. The summed E-state index contributed by atoms with van der Waals surface area (Å²) < 4.78 is 0. The fraction of sp³-hybridized carbons (Fsp3) is 1.00. The van der Waals surface area contributed by atoms with Crippen molar-refractivity contribution < 1.29 is 446 Å². The molecule has 6 N–H and O–H groups in total. The summed E-state index contributed by atoms with van der Waals surface area (Å²) in [7, 11) is 0. The molecular formula is C2H66I2K2N2P8S6V2Y9. The van der Waals surface area contributed by atoms with Gasteiger partial charge in [-0.2, -0.15) is 160 Å². The molecule has 0 saturated carbocycles. The van der Waals surface area contributed by atoms with Gasteiger partial charge in [0.05, 0.1) is 0 Å². The molecule has 0 aliphatic carbocycles. The molecule has 8 unspecified atom stereocenters. The quantitative estimate of drug-likeness (QED) is 0.198. The summed E-state index contributed by atoms with van der Waals surface area (Å²) in [5.74, 6) is 0. The monoisotopic (exact) mass is 1800 g/mol. The Kier molecular flexibility index (Phi) is 3310. The van der Waals surface area contributed by atoms with Crippen LogP contribution < -0.4 is 115 Å². The maximum absolute atomic E-state index is 0. The van der Waals surface area contributed by atoms with Crippen molar-refractivity contribution in [3.05, 3.63) is 0 Å². The van der Waals surface area contributed by atoms with Gasteiger partial charge in [-0.05, 0) is 0 Å². The number of hydrogen-bond acceptors (Lipinski definition) is 2. The van der Waals surface area contributed by atoms with Crippen LogP contribution in [0.4, 0.5) is 0 Å². The second-order valence-corrected chi connectivity index (χ2v) is 0. The van der Waals surface area contributed by atoms with Gasteiger partial charge in [0.1, 0.15) is 0 Å². The van der Waals surface area contributed by atoms with Crippen molar-refractivity contribution in [3.8, 4) is 0 Å². The fourth-order valence-electron chi connectivity index (χ4n) is 0. The molecule has 0 aliphatic rings. The molecule has 0 amide bonds. The average Bonchev–Trinajstić information content (AvgIpc) is 0. The molecule has 0 rings (SSSR count). The van der Waals surface area contributed by atoms with Crippen molar-refractivity contribution in [2.75, 3.05) is 0 Å². The third-order valence-electron chi connectivity index (χ3n) is 0. The maximum Gasteiger partial charge on any atom is 1.00 e. The first kappa shape index (κ1) is 340. The van der Waals surface area contributed by atoms with E-state index in [0.29, 0.717) is 0 Å². The Balaban J connectivity index is 0. The summed E-state index contributed by atoms with van der Waals surface area (Å²) in [6.07, 6.45) is 0. The molecule has 0 spiro atoms. The SMILES string of the molecule is C.C.I.I.N.N.P.P.P.P.P.P.P.P.S.S.S.S.S.S.[2HH].[2HH].[3HH].[3HH].[H-].[H-].[HH].[HH].[K+].[K+].[V].[V].[Y].[Y].[Y].[Y].[Y].[Y].[Y].[Y].[Y]. The van der Waals surface area contributed by atoms with E-state index in [1.54, 1.807) is 0 Å². The Morgan fingerprint density at radius 1 is 0.364 bits per heavy atom. The van der Waals surface area contributed by atoms with E-state index in [2.05, 4.69) is 0 Å². The summed E-state index contributed by atoms with van der Waals surface area (Å²) in [6, 6.07) is 0. The van der Waals surface area contributed by atoms with E-state index < -0.39 is 0 Å². The molecule has 8 atom stereocenters. The van der Waals surface area contributed by atoms with Gasteiger partial charge in [0.2, 0.25) is 0 Å². The normalized spacial score (nSPS) is 0. The molecule has 0 bridgehead atoms. The van der Waals surface area contributed by atoms with Crippen molar-refractivity contribution in [1.82, 2.24) is 12.3 Å². The van der Waals surface area contributed by atoms with Crippen LogP contribution in [0.25, 0.3) is 0 Å². The summed E-state index contributed by atoms with van der Waals surface area (Å²) in [5, 5.41) is 0. The second-order valence-electron chi connectivity index (χ2n) is 0. The van der Waals surface area contributed by atoms with Crippen LogP contribution in [0.2, 0.25) is 0 Å². The molecule has 0 aromatic heterocycles. The van der Waals surface area contributed by atoms with E-state index in [0.717, 1.165) is 0 Å². The van der Waals surface area contributed by atoms with Crippen molar-refractivity contribution in [2.45, 2.75) is 14.9 Å². The first-order valence-corrected chi connectivity index (χ1v) is 0. The standard InChI is InChI=1S/2CH4.2HI.2K.2H3N.8H3P.6H2S.2V.9Y.6H2.2H/h2*1H4;2*1H;;;10*1H3;6*1H2;;;;;;;;;;;;6*1H;;/q;;;;2*+1;;;;;;;;;;;;;;;;;;;;;;;;;;;;;;;;;;2*-1/i;;;;;;;;;;;;;;;;;;;;;;;;;;;;;;;;;2*1+2;2*1+1;;;;. The van der Waals surface area contributed by atoms with Gasteiger partial charge in [-0.25, -0.2) is 0 Å². The molecule has 2 nitrogen and oxygen atoms in total. The van der Waals surface area contributed by atoms with E-state index in [1.807, 2.05) is 0 Å². The van der Waals surface area contributed by atoms with Gasteiger partial charge in [0.15, 0.2) is 0 Å².